The van der Waals surface area contributed by atoms with E-state index in [1.807, 2.05) is 19.1 Å². The Balaban J connectivity index is 2.19. The van der Waals surface area contributed by atoms with Gasteiger partial charge in [0.1, 0.15) is 0 Å². The summed E-state index contributed by atoms with van der Waals surface area (Å²) in [5.41, 5.74) is 9.59. The van der Waals surface area contributed by atoms with Gasteiger partial charge in [0, 0.05) is 23.5 Å². The first-order valence-corrected chi connectivity index (χ1v) is 5.76. The van der Waals surface area contributed by atoms with Crippen molar-refractivity contribution in [1.82, 2.24) is 19.6 Å². The number of nitrogens with zero attached hydrogens (tertiary/aromatic N) is 4. The van der Waals surface area contributed by atoms with Crippen molar-refractivity contribution in [2.45, 2.75) is 6.92 Å². The zero-order chi connectivity index (χ0) is 12.7. The normalized spacial score (nSPS) is 11.0. The highest BCUT2D eigenvalue weighted by molar-refractivity contribution is 6.29. The minimum absolute atomic E-state index is 0.339. The van der Waals surface area contributed by atoms with Crippen molar-refractivity contribution >= 4 is 22.9 Å². The number of nitrogen functional groups attached to an aromatic ring is 1. The van der Waals surface area contributed by atoms with Crippen molar-refractivity contribution in [3.63, 3.8) is 0 Å². The van der Waals surface area contributed by atoms with E-state index in [-0.39, 0.29) is 0 Å². The van der Waals surface area contributed by atoms with Crippen LogP contribution in [-0.4, -0.2) is 19.6 Å². The Morgan fingerprint density at radius 1 is 1.33 bits per heavy atom. The van der Waals surface area contributed by atoms with Crippen LogP contribution in [0, 0.1) is 6.92 Å². The molecule has 0 atom stereocenters. The third kappa shape index (κ3) is 1.78. The molecule has 0 aliphatic carbocycles. The Hall–Kier alpha value is -2.14. The minimum atomic E-state index is 0.339. The highest BCUT2D eigenvalue weighted by Crippen LogP contribution is 2.22. The summed E-state index contributed by atoms with van der Waals surface area (Å²) < 4.78 is 1.58. The number of nitrogens with two attached hydrogens (primary N) is 1. The number of aromatic nitrogens is 4. The Labute approximate surface area is 108 Å². The number of anilines is 1. The molecule has 3 aromatic rings. The average Bonchev–Trinajstić information content (AvgIpc) is 2.74. The lowest BCUT2D eigenvalue weighted by atomic mass is 10.2. The molecular formula is C12H10ClN5. The fraction of sp³-hybridized carbons (Fsp3) is 0.0833. The second kappa shape index (κ2) is 3.96. The fourth-order valence-corrected chi connectivity index (χ4v) is 1.93. The van der Waals surface area contributed by atoms with Crippen LogP contribution in [0.4, 0.5) is 5.69 Å². The van der Waals surface area contributed by atoms with E-state index in [4.69, 9.17) is 17.3 Å². The number of hydrogen-bond donors (Lipinski definition) is 1. The van der Waals surface area contributed by atoms with E-state index in [0.29, 0.717) is 16.5 Å². The van der Waals surface area contributed by atoms with E-state index in [0.717, 1.165) is 17.0 Å². The van der Waals surface area contributed by atoms with Gasteiger partial charge in [-0.1, -0.05) is 11.6 Å². The second-order valence-corrected chi connectivity index (χ2v) is 4.39. The van der Waals surface area contributed by atoms with Gasteiger partial charge in [0.05, 0.1) is 17.6 Å². The first kappa shape index (κ1) is 11.0. The first-order valence-electron chi connectivity index (χ1n) is 5.38. The lowest BCUT2D eigenvalue weighted by molar-refractivity contribution is 0.939. The number of hydrogen-bond acceptors (Lipinski definition) is 4. The third-order valence-electron chi connectivity index (χ3n) is 2.63. The molecule has 5 nitrogen and oxygen atoms in total. The van der Waals surface area contributed by atoms with Gasteiger partial charge < -0.3 is 5.73 Å². The lowest BCUT2D eigenvalue weighted by Gasteiger charge is -1.96. The number of imidazole rings is 1. The number of aryl methyl sites for hydroxylation is 1. The molecule has 0 aliphatic rings. The van der Waals surface area contributed by atoms with Crippen LogP contribution in [0.5, 0.6) is 0 Å². The molecule has 0 unspecified atom stereocenters. The van der Waals surface area contributed by atoms with E-state index in [2.05, 4.69) is 15.1 Å². The van der Waals surface area contributed by atoms with Crippen LogP contribution < -0.4 is 5.73 Å². The molecule has 0 aromatic carbocycles. The monoisotopic (exact) mass is 259 g/mol. The maximum atomic E-state index is 5.85. The molecule has 0 radical (unpaired) electrons. The van der Waals surface area contributed by atoms with Crippen LogP contribution in [-0.2, 0) is 0 Å². The van der Waals surface area contributed by atoms with E-state index < -0.39 is 0 Å². The first-order chi connectivity index (χ1) is 8.63. The van der Waals surface area contributed by atoms with Crippen LogP contribution >= 0.6 is 11.6 Å². The van der Waals surface area contributed by atoms with Crippen molar-refractivity contribution in [3.05, 3.63) is 41.4 Å². The molecule has 0 bridgehead atoms. The van der Waals surface area contributed by atoms with Crippen molar-refractivity contribution in [2.24, 2.45) is 0 Å². The van der Waals surface area contributed by atoms with Crippen LogP contribution in [0.2, 0.25) is 5.15 Å². The van der Waals surface area contributed by atoms with Gasteiger partial charge in [-0.2, -0.15) is 5.10 Å². The molecule has 2 N–H and O–H groups in total. The van der Waals surface area contributed by atoms with E-state index >= 15 is 0 Å². The molecule has 0 spiro atoms. The van der Waals surface area contributed by atoms with Gasteiger partial charge in [-0.05, 0) is 19.1 Å². The van der Waals surface area contributed by atoms with Gasteiger partial charge >= 0.3 is 0 Å². The average molecular weight is 260 g/mol. The Morgan fingerprint density at radius 2 is 2.17 bits per heavy atom. The molecule has 6 heteroatoms. The van der Waals surface area contributed by atoms with Crippen LogP contribution in [0.15, 0.2) is 30.6 Å². The molecule has 3 heterocycles. The summed E-state index contributed by atoms with van der Waals surface area (Å²) in [4.78, 5) is 8.67. The van der Waals surface area contributed by atoms with E-state index in [9.17, 15) is 0 Å². The van der Waals surface area contributed by atoms with Crippen molar-refractivity contribution in [3.8, 4) is 11.3 Å². The van der Waals surface area contributed by atoms with Crippen LogP contribution in [0.25, 0.3) is 16.9 Å². The van der Waals surface area contributed by atoms with Gasteiger partial charge in [-0.15, -0.1) is 0 Å². The fourth-order valence-electron chi connectivity index (χ4n) is 1.73. The Morgan fingerprint density at radius 3 is 2.89 bits per heavy atom. The largest absolute Gasteiger partial charge is 0.396 e. The van der Waals surface area contributed by atoms with Gasteiger partial charge in [0.2, 0.25) is 0 Å². The molecule has 3 aromatic heterocycles. The molecule has 0 saturated carbocycles. The topological polar surface area (TPSA) is 69.1 Å². The molecule has 0 fully saturated rings. The standard InChI is InChI=1S/C12H10ClN5/c1-7-2-3-8(5-15-7)10-6-18-12(16-10)9(14)4-11(13)17-18/h2-6H,14H2,1H3. The summed E-state index contributed by atoms with van der Waals surface area (Å²) in [6.07, 6.45) is 3.55. The second-order valence-electron chi connectivity index (χ2n) is 4.00. The van der Waals surface area contributed by atoms with Crippen molar-refractivity contribution in [2.75, 3.05) is 5.73 Å². The van der Waals surface area contributed by atoms with E-state index in [1.54, 1.807) is 23.0 Å². The Bertz CT molecular complexity index is 717. The molecular weight excluding hydrogens is 250 g/mol. The smallest absolute Gasteiger partial charge is 0.177 e. The maximum Gasteiger partial charge on any atom is 0.177 e. The summed E-state index contributed by atoms with van der Waals surface area (Å²) >= 11 is 5.85. The highest BCUT2D eigenvalue weighted by atomic mass is 35.5. The molecule has 0 saturated heterocycles. The maximum absolute atomic E-state index is 5.85. The number of fused-ring (bicyclic) bond motifs is 1. The predicted molar refractivity (Wildman–Crippen MR) is 70.4 cm³/mol. The zero-order valence-electron chi connectivity index (χ0n) is 9.63. The summed E-state index contributed by atoms with van der Waals surface area (Å²) in [6, 6.07) is 5.48. The minimum Gasteiger partial charge on any atom is -0.396 e. The number of pyridine rings is 1. The number of halogens is 1. The zero-order valence-corrected chi connectivity index (χ0v) is 10.4. The third-order valence-corrected chi connectivity index (χ3v) is 2.82. The quantitative estimate of drug-likeness (QED) is 0.728. The van der Waals surface area contributed by atoms with Crippen molar-refractivity contribution in [1.29, 1.82) is 0 Å². The number of rotatable bonds is 1. The predicted octanol–water partition coefficient (Wildman–Crippen LogP) is 2.34. The molecule has 18 heavy (non-hydrogen) atoms. The molecule has 90 valence electrons. The summed E-state index contributed by atoms with van der Waals surface area (Å²) in [5.74, 6) is 0. The van der Waals surface area contributed by atoms with Gasteiger partial charge in [-0.3, -0.25) is 4.98 Å². The summed E-state index contributed by atoms with van der Waals surface area (Å²) in [6.45, 7) is 1.94. The van der Waals surface area contributed by atoms with Gasteiger partial charge in [0.15, 0.2) is 10.8 Å². The van der Waals surface area contributed by atoms with Gasteiger partial charge in [0.25, 0.3) is 0 Å². The van der Waals surface area contributed by atoms with Gasteiger partial charge in [-0.25, -0.2) is 9.50 Å². The highest BCUT2D eigenvalue weighted by Gasteiger charge is 2.09. The van der Waals surface area contributed by atoms with Crippen LogP contribution in [0.3, 0.4) is 0 Å². The summed E-state index contributed by atoms with van der Waals surface area (Å²) in [7, 11) is 0. The Kier molecular flexibility index (Phi) is 2.41. The summed E-state index contributed by atoms with van der Waals surface area (Å²) in [5, 5.41) is 4.46. The SMILES string of the molecule is Cc1ccc(-c2cn3nc(Cl)cc(N)c3n2)cn1. The van der Waals surface area contributed by atoms with Crippen molar-refractivity contribution < 1.29 is 0 Å². The van der Waals surface area contributed by atoms with Crippen LogP contribution in [0.1, 0.15) is 5.69 Å². The van der Waals surface area contributed by atoms with E-state index in [1.165, 1.54) is 0 Å². The molecule has 0 aliphatic heterocycles. The molecule has 0 amide bonds. The molecule has 3 rings (SSSR count). The lowest BCUT2D eigenvalue weighted by Crippen LogP contribution is -1.96.